The van der Waals surface area contributed by atoms with Crippen LogP contribution in [0.2, 0.25) is 0 Å². The summed E-state index contributed by atoms with van der Waals surface area (Å²) in [5.41, 5.74) is 14.1. The first-order valence-electron chi connectivity index (χ1n) is 20.8. The molecule has 0 N–H and O–H groups in total. The second-order valence-electron chi connectivity index (χ2n) is 15.7. The third kappa shape index (κ3) is 5.93. The van der Waals surface area contributed by atoms with E-state index in [2.05, 4.69) is 240 Å². The first kappa shape index (κ1) is 35.2. The molecule has 0 bridgehead atoms. The normalized spacial score (nSPS) is 11.6. The summed E-state index contributed by atoms with van der Waals surface area (Å²) in [5.74, 6) is 0. The number of thiophene rings is 1. The maximum Gasteiger partial charge on any atom is 0.0541 e. The monoisotopic (exact) mass is 794 g/mol. The Morgan fingerprint density at radius 1 is 0.311 bits per heavy atom. The summed E-state index contributed by atoms with van der Waals surface area (Å²) in [4.78, 5) is 2.39. The highest BCUT2D eigenvalue weighted by atomic mass is 32.1. The van der Waals surface area contributed by atoms with Gasteiger partial charge in [-0.15, -0.1) is 11.3 Å². The van der Waals surface area contributed by atoms with Crippen molar-refractivity contribution in [2.24, 2.45) is 0 Å². The fourth-order valence-corrected chi connectivity index (χ4v) is 10.5. The third-order valence-corrected chi connectivity index (χ3v) is 13.4. The van der Waals surface area contributed by atoms with Crippen molar-refractivity contribution in [2.75, 3.05) is 4.90 Å². The van der Waals surface area contributed by atoms with Crippen molar-refractivity contribution in [1.82, 2.24) is 4.57 Å². The van der Waals surface area contributed by atoms with Gasteiger partial charge in [0.2, 0.25) is 0 Å². The minimum atomic E-state index is 1.10. The van der Waals surface area contributed by atoms with Crippen LogP contribution < -0.4 is 4.90 Å². The van der Waals surface area contributed by atoms with Gasteiger partial charge in [0.05, 0.1) is 16.7 Å². The fourth-order valence-electron chi connectivity index (χ4n) is 9.41. The zero-order chi connectivity index (χ0) is 40.3. The molecule has 286 valence electrons. The van der Waals surface area contributed by atoms with Gasteiger partial charge in [0.15, 0.2) is 0 Å². The van der Waals surface area contributed by atoms with Gasteiger partial charge in [-0.3, -0.25) is 0 Å². The van der Waals surface area contributed by atoms with Gasteiger partial charge < -0.3 is 9.47 Å². The van der Waals surface area contributed by atoms with Crippen molar-refractivity contribution in [3.8, 4) is 39.1 Å². The van der Waals surface area contributed by atoms with Crippen LogP contribution in [0.4, 0.5) is 17.1 Å². The second-order valence-corrected chi connectivity index (χ2v) is 16.8. The zero-order valence-corrected chi connectivity index (χ0v) is 34.1. The minimum Gasteiger partial charge on any atom is -0.310 e. The van der Waals surface area contributed by atoms with Gasteiger partial charge in [-0.1, -0.05) is 164 Å². The molecule has 0 amide bonds. The van der Waals surface area contributed by atoms with Crippen LogP contribution in [0, 0.1) is 0 Å². The van der Waals surface area contributed by atoms with Crippen LogP contribution in [0.1, 0.15) is 0 Å². The maximum absolute atomic E-state index is 2.43. The van der Waals surface area contributed by atoms with Gasteiger partial charge in [-0.25, -0.2) is 0 Å². The smallest absolute Gasteiger partial charge is 0.0541 e. The highest BCUT2D eigenvalue weighted by Crippen LogP contribution is 2.44. The Morgan fingerprint density at radius 3 is 1.52 bits per heavy atom. The van der Waals surface area contributed by atoms with E-state index < -0.39 is 0 Å². The molecule has 2 nitrogen and oxygen atoms in total. The Kier molecular flexibility index (Phi) is 8.39. The molecule has 0 atom stereocenters. The number of hydrogen-bond donors (Lipinski definition) is 0. The van der Waals surface area contributed by atoms with E-state index in [1.54, 1.807) is 0 Å². The van der Waals surface area contributed by atoms with Crippen molar-refractivity contribution in [1.29, 1.82) is 0 Å². The molecule has 0 saturated carbocycles. The Morgan fingerprint density at radius 2 is 0.803 bits per heavy atom. The SMILES string of the molecule is c1ccc(-c2ccccc2-n2c3ccccc3c3ccccc32)c(-c2ccc(N(c3ccc(-c4cccc5ccccc45)cc3)c3ccc4sc5ccccc5c4c3)cc2)c1. The Bertz CT molecular complexity index is 3530. The van der Waals surface area contributed by atoms with Gasteiger partial charge in [0.1, 0.15) is 0 Å². The standard InChI is InChI=1S/C58H38N2S/c1-2-16-45-39(14-1)15-13-23-46(45)40-28-32-42(33-29-40)59(44-36-37-58-53(38-44)52-22-8-12-27-57(52)61-58)43-34-30-41(31-35-43)47-17-3-4-18-48(47)49-19-5-9-24-54(49)60-55-25-10-6-20-50(55)51-21-7-11-26-56(51)60/h1-38H. The maximum atomic E-state index is 2.43. The number of nitrogens with zero attached hydrogens (tertiary/aromatic N) is 2. The van der Waals surface area contributed by atoms with Crippen molar-refractivity contribution in [2.45, 2.75) is 0 Å². The van der Waals surface area contributed by atoms with E-state index in [4.69, 9.17) is 0 Å². The predicted molar refractivity (Wildman–Crippen MR) is 262 cm³/mol. The van der Waals surface area contributed by atoms with Crippen molar-refractivity contribution < 1.29 is 0 Å². The molecule has 10 aromatic carbocycles. The van der Waals surface area contributed by atoms with Crippen LogP contribution in [0.5, 0.6) is 0 Å². The van der Waals surface area contributed by atoms with Gasteiger partial charge in [0.25, 0.3) is 0 Å². The Balaban J connectivity index is 0.975. The molecule has 0 aliphatic carbocycles. The number of aromatic nitrogens is 1. The summed E-state index contributed by atoms with van der Waals surface area (Å²) in [5, 5.41) is 7.61. The number of benzene rings is 10. The number of fused-ring (bicyclic) bond motifs is 7. The number of anilines is 3. The molecular formula is C58H38N2S. The molecule has 0 aliphatic heterocycles. The third-order valence-electron chi connectivity index (χ3n) is 12.2. The molecule has 12 rings (SSSR count). The Hall–Kier alpha value is -7.72. The van der Waals surface area contributed by atoms with E-state index in [-0.39, 0.29) is 0 Å². The molecule has 0 saturated heterocycles. The zero-order valence-electron chi connectivity index (χ0n) is 33.2. The largest absolute Gasteiger partial charge is 0.310 e. The summed E-state index contributed by atoms with van der Waals surface area (Å²) >= 11 is 1.85. The molecule has 0 spiro atoms. The van der Waals surface area contributed by atoms with E-state index in [9.17, 15) is 0 Å². The van der Waals surface area contributed by atoms with E-state index in [0.717, 1.165) is 17.1 Å². The molecule has 61 heavy (non-hydrogen) atoms. The van der Waals surface area contributed by atoms with Crippen LogP contribution in [-0.2, 0) is 0 Å². The van der Waals surface area contributed by atoms with Crippen LogP contribution >= 0.6 is 11.3 Å². The van der Waals surface area contributed by atoms with Gasteiger partial charge in [0, 0.05) is 53.6 Å². The summed E-state index contributed by atoms with van der Waals surface area (Å²) in [6, 6.07) is 84.2. The van der Waals surface area contributed by atoms with E-state index in [1.807, 2.05) is 11.3 Å². The van der Waals surface area contributed by atoms with Crippen molar-refractivity contribution in [3.63, 3.8) is 0 Å². The topological polar surface area (TPSA) is 8.17 Å². The molecule has 0 aliphatic rings. The minimum absolute atomic E-state index is 1.10. The molecule has 3 heteroatoms. The molecule has 12 aromatic rings. The summed E-state index contributed by atoms with van der Waals surface area (Å²) in [6.45, 7) is 0. The van der Waals surface area contributed by atoms with Gasteiger partial charge >= 0.3 is 0 Å². The molecule has 0 radical (unpaired) electrons. The highest BCUT2D eigenvalue weighted by Gasteiger charge is 2.19. The molecule has 0 fully saturated rings. The van der Waals surface area contributed by atoms with Crippen LogP contribution in [0.25, 0.3) is 91.8 Å². The average Bonchev–Trinajstić information content (AvgIpc) is 3.87. The second kappa shape index (κ2) is 14.5. The fraction of sp³-hybridized carbons (Fsp3) is 0. The molecule has 2 heterocycles. The van der Waals surface area contributed by atoms with Gasteiger partial charge in [-0.2, -0.15) is 0 Å². The highest BCUT2D eigenvalue weighted by molar-refractivity contribution is 7.25. The van der Waals surface area contributed by atoms with E-state index >= 15 is 0 Å². The lowest BCUT2D eigenvalue weighted by Crippen LogP contribution is -2.09. The lowest BCUT2D eigenvalue weighted by Gasteiger charge is -2.26. The summed E-state index contributed by atoms with van der Waals surface area (Å²) < 4.78 is 5.03. The first-order chi connectivity index (χ1) is 30.3. The summed E-state index contributed by atoms with van der Waals surface area (Å²) in [6.07, 6.45) is 0. The summed E-state index contributed by atoms with van der Waals surface area (Å²) in [7, 11) is 0. The molecule has 0 unspecified atom stereocenters. The van der Waals surface area contributed by atoms with E-state index in [0.29, 0.717) is 0 Å². The quantitative estimate of drug-likeness (QED) is 0.156. The number of para-hydroxylation sites is 3. The predicted octanol–water partition coefficient (Wildman–Crippen LogP) is 16.8. The molecular weight excluding hydrogens is 757 g/mol. The number of rotatable bonds is 7. The van der Waals surface area contributed by atoms with Crippen molar-refractivity contribution >= 4 is 81.1 Å². The molecule has 2 aromatic heterocycles. The number of hydrogen-bond acceptors (Lipinski definition) is 2. The van der Waals surface area contributed by atoms with Gasteiger partial charge in [-0.05, 0) is 105 Å². The average molecular weight is 795 g/mol. The lowest BCUT2D eigenvalue weighted by atomic mass is 9.93. The lowest BCUT2D eigenvalue weighted by molar-refractivity contribution is 1.18. The van der Waals surface area contributed by atoms with Crippen LogP contribution in [0.15, 0.2) is 231 Å². The van der Waals surface area contributed by atoms with Crippen LogP contribution in [0.3, 0.4) is 0 Å². The Labute approximate surface area is 358 Å². The first-order valence-corrected chi connectivity index (χ1v) is 21.7. The van der Waals surface area contributed by atoms with E-state index in [1.165, 1.54) is 91.8 Å². The van der Waals surface area contributed by atoms with Crippen LogP contribution in [-0.4, -0.2) is 4.57 Å². The van der Waals surface area contributed by atoms with Crippen molar-refractivity contribution in [3.05, 3.63) is 231 Å².